The van der Waals surface area contributed by atoms with Gasteiger partial charge in [-0.05, 0) is 49.9 Å². The molecule has 5 heteroatoms. The van der Waals surface area contributed by atoms with Crippen LogP contribution >= 0.6 is 11.6 Å². The van der Waals surface area contributed by atoms with Crippen LogP contribution in [-0.4, -0.2) is 19.2 Å². The van der Waals surface area contributed by atoms with E-state index in [0.29, 0.717) is 9.92 Å². The van der Waals surface area contributed by atoms with E-state index in [1.54, 1.807) is 0 Å². The fourth-order valence-corrected chi connectivity index (χ4v) is 4.75. The Morgan fingerprint density at radius 2 is 1.57 bits per heavy atom. The SMILES string of the molecule is Cc1c(S(C)(=O)=O)c(C(C)C)c(-c2ccc(Cl)cc2)n1C(C)C. The molecule has 1 heterocycles. The molecule has 0 amide bonds. The molecule has 0 aliphatic heterocycles. The molecule has 0 saturated carbocycles. The highest BCUT2D eigenvalue weighted by molar-refractivity contribution is 7.90. The van der Waals surface area contributed by atoms with Gasteiger partial charge in [-0.25, -0.2) is 8.42 Å². The second kappa shape index (κ2) is 6.33. The van der Waals surface area contributed by atoms with Gasteiger partial charge < -0.3 is 4.57 Å². The van der Waals surface area contributed by atoms with Gasteiger partial charge in [-0.2, -0.15) is 0 Å². The normalized spacial score (nSPS) is 12.4. The summed E-state index contributed by atoms with van der Waals surface area (Å²) in [7, 11) is -3.31. The number of sulfone groups is 1. The lowest BCUT2D eigenvalue weighted by molar-refractivity contribution is 0.583. The second-order valence-corrected chi connectivity index (χ2v) is 8.96. The Kier molecular flexibility index (Phi) is 4.97. The monoisotopic (exact) mass is 353 g/mol. The van der Waals surface area contributed by atoms with E-state index in [2.05, 4.69) is 18.4 Å². The Bertz CT molecular complexity index is 816. The van der Waals surface area contributed by atoms with Crippen LogP contribution in [0.3, 0.4) is 0 Å². The van der Waals surface area contributed by atoms with Crippen molar-refractivity contribution < 1.29 is 8.42 Å². The maximum Gasteiger partial charge on any atom is 0.177 e. The minimum Gasteiger partial charge on any atom is -0.341 e. The first-order chi connectivity index (χ1) is 10.6. The number of aromatic nitrogens is 1. The molecule has 0 saturated heterocycles. The average Bonchev–Trinajstić information content (AvgIpc) is 2.73. The summed E-state index contributed by atoms with van der Waals surface area (Å²) in [4.78, 5) is 0.464. The maximum absolute atomic E-state index is 12.4. The number of hydrogen-bond acceptors (Lipinski definition) is 2. The molecule has 2 rings (SSSR count). The molecular formula is C18H24ClNO2S. The molecule has 0 fully saturated rings. The van der Waals surface area contributed by atoms with Crippen LogP contribution in [0.4, 0.5) is 0 Å². The number of benzene rings is 1. The Balaban J connectivity index is 2.96. The third kappa shape index (κ3) is 3.33. The van der Waals surface area contributed by atoms with Gasteiger partial charge in [0.1, 0.15) is 0 Å². The van der Waals surface area contributed by atoms with E-state index in [1.165, 1.54) is 6.26 Å². The molecule has 2 aromatic rings. The fraction of sp³-hybridized carbons (Fsp3) is 0.444. The summed E-state index contributed by atoms with van der Waals surface area (Å²) < 4.78 is 27.0. The molecule has 0 aliphatic rings. The first kappa shape index (κ1) is 18.1. The van der Waals surface area contributed by atoms with E-state index in [9.17, 15) is 8.42 Å². The van der Waals surface area contributed by atoms with Crippen molar-refractivity contribution in [1.29, 1.82) is 0 Å². The molecule has 0 bridgehead atoms. The zero-order valence-corrected chi connectivity index (χ0v) is 16.1. The summed E-state index contributed by atoms with van der Waals surface area (Å²) in [6.07, 6.45) is 1.29. The fourth-order valence-electron chi connectivity index (χ4n) is 3.26. The third-order valence-electron chi connectivity index (χ3n) is 4.01. The van der Waals surface area contributed by atoms with E-state index in [-0.39, 0.29) is 12.0 Å². The molecule has 0 unspecified atom stereocenters. The van der Waals surface area contributed by atoms with E-state index >= 15 is 0 Å². The molecule has 0 N–H and O–H groups in total. The highest BCUT2D eigenvalue weighted by Gasteiger charge is 2.29. The van der Waals surface area contributed by atoms with Crippen LogP contribution in [0.15, 0.2) is 29.2 Å². The standard InChI is InChI=1S/C18H24ClNO2S/c1-11(2)16-17(14-7-9-15(19)10-8-14)20(12(3)4)13(5)18(16)23(6,21)22/h7-12H,1-6H3. The number of hydrogen-bond donors (Lipinski definition) is 0. The molecule has 1 aromatic carbocycles. The van der Waals surface area contributed by atoms with E-state index in [1.807, 2.05) is 45.0 Å². The van der Waals surface area contributed by atoms with Crippen molar-refractivity contribution in [2.45, 2.75) is 51.5 Å². The molecule has 3 nitrogen and oxygen atoms in total. The number of halogens is 1. The second-order valence-electron chi connectivity index (χ2n) is 6.57. The lowest BCUT2D eigenvalue weighted by atomic mass is 9.99. The van der Waals surface area contributed by atoms with Crippen molar-refractivity contribution in [3.63, 3.8) is 0 Å². The van der Waals surface area contributed by atoms with Gasteiger partial charge in [-0.3, -0.25) is 0 Å². The first-order valence-corrected chi connectivity index (χ1v) is 10.0. The molecule has 126 valence electrons. The van der Waals surface area contributed by atoms with Gasteiger partial charge in [0.25, 0.3) is 0 Å². The lowest BCUT2D eigenvalue weighted by Crippen LogP contribution is -2.06. The Morgan fingerprint density at radius 3 is 1.96 bits per heavy atom. The molecular weight excluding hydrogens is 330 g/mol. The Hall–Kier alpha value is -1.26. The zero-order valence-electron chi connectivity index (χ0n) is 14.5. The van der Waals surface area contributed by atoms with Crippen molar-refractivity contribution in [1.82, 2.24) is 4.57 Å². The van der Waals surface area contributed by atoms with Gasteiger partial charge >= 0.3 is 0 Å². The summed E-state index contributed by atoms with van der Waals surface area (Å²) in [6.45, 7) is 10.1. The third-order valence-corrected chi connectivity index (χ3v) is 5.52. The predicted molar refractivity (Wildman–Crippen MR) is 97.2 cm³/mol. The van der Waals surface area contributed by atoms with Crippen molar-refractivity contribution in [3.8, 4) is 11.3 Å². The van der Waals surface area contributed by atoms with Crippen LogP contribution < -0.4 is 0 Å². The van der Waals surface area contributed by atoms with Gasteiger partial charge in [0, 0.05) is 23.0 Å². The zero-order chi connectivity index (χ0) is 17.5. The van der Waals surface area contributed by atoms with Crippen LogP contribution in [-0.2, 0) is 9.84 Å². The summed E-state index contributed by atoms with van der Waals surface area (Å²) in [5.74, 6) is 0.101. The molecule has 23 heavy (non-hydrogen) atoms. The number of nitrogens with zero attached hydrogens (tertiary/aromatic N) is 1. The lowest BCUT2D eigenvalue weighted by Gasteiger charge is -2.18. The molecule has 0 atom stereocenters. The highest BCUT2D eigenvalue weighted by Crippen LogP contribution is 2.40. The smallest absolute Gasteiger partial charge is 0.177 e. The van der Waals surface area contributed by atoms with Gasteiger partial charge in [0.05, 0.1) is 10.6 Å². The van der Waals surface area contributed by atoms with Gasteiger partial charge in [-0.1, -0.05) is 37.6 Å². The molecule has 0 radical (unpaired) electrons. The minimum absolute atomic E-state index is 0.101. The minimum atomic E-state index is -3.31. The van der Waals surface area contributed by atoms with E-state index in [0.717, 1.165) is 22.5 Å². The van der Waals surface area contributed by atoms with Crippen LogP contribution in [0, 0.1) is 6.92 Å². The largest absolute Gasteiger partial charge is 0.341 e. The first-order valence-electron chi connectivity index (χ1n) is 7.76. The van der Waals surface area contributed by atoms with Crippen molar-refractivity contribution in [2.24, 2.45) is 0 Å². The van der Waals surface area contributed by atoms with Crippen molar-refractivity contribution in [2.75, 3.05) is 6.26 Å². The van der Waals surface area contributed by atoms with E-state index in [4.69, 9.17) is 11.6 Å². The van der Waals surface area contributed by atoms with Crippen LogP contribution in [0.25, 0.3) is 11.3 Å². The maximum atomic E-state index is 12.4. The Morgan fingerprint density at radius 1 is 1.04 bits per heavy atom. The summed E-state index contributed by atoms with van der Waals surface area (Å²) in [5, 5.41) is 0.669. The molecule has 1 aromatic heterocycles. The number of rotatable bonds is 4. The summed E-state index contributed by atoms with van der Waals surface area (Å²) in [6, 6.07) is 7.75. The topological polar surface area (TPSA) is 39.1 Å². The van der Waals surface area contributed by atoms with Gasteiger partial charge in [0.2, 0.25) is 0 Å². The van der Waals surface area contributed by atoms with Crippen LogP contribution in [0.1, 0.15) is 50.9 Å². The van der Waals surface area contributed by atoms with E-state index < -0.39 is 9.84 Å². The highest BCUT2D eigenvalue weighted by atomic mass is 35.5. The Labute approximate surface area is 144 Å². The van der Waals surface area contributed by atoms with Gasteiger partial charge in [0.15, 0.2) is 9.84 Å². The average molecular weight is 354 g/mol. The van der Waals surface area contributed by atoms with Crippen LogP contribution in [0.5, 0.6) is 0 Å². The molecule has 0 aliphatic carbocycles. The summed E-state index contributed by atoms with van der Waals surface area (Å²) in [5.41, 5.74) is 3.66. The summed E-state index contributed by atoms with van der Waals surface area (Å²) >= 11 is 6.01. The van der Waals surface area contributed by atoms with Gasteiger partial charge in [-0.15, -0.1) is 0 Å². The predicted octanol–water partition coefficient (Wildman–Crippen LogP) is 5.22. The van der Waals surface area contributed by atoms with Crippen molar-refractivity contribution >= 4 is 21.4 Å². The van der Waals surface area contributed by atoms with Crippen LogP contribution in [0.2, 0.25) is 5.02 Å². The van der Waals surface area contributed by atoms with Crippen molar-refractivity contribution in [3.05, 3.63) is 40.5 Å². The quantitative estimate of drug-likeness (QED) is 0.755. The molecule has 0 spiro atoms.